The van der Waals surface area contributed by atoms with Crippen molar-refractivity contribution in [3.05, 3.63) is 0 Å². The van der Waals surface area contributed by atoms with Gasteiger partial charge in [-0.25, -0.2) is 0 Å². The molecule has 94 valence electrons. The molecule has 2 rings (SSSR count). The van der Waals surface area contributed by atoms with Crippen molar-refractivity contribution in [3.8, 4) is 0 Å². The molecule has 2 saturated carbocycles. The zero-order valence-electron chi connectivity index (χ0n) is 10.9. The Hall–Kier alpha value is -0.0800. The van der Waals surface area contributed by atoms with Crippen molar-refractivity contribution < 1.29 is 0 Å². The third-order valence-electron chi connectivity index (χ3n) is 4.55. The molecule has 0 aromatic carbocycles. The van der Waals surface area contributed by atoms with Crippen molar-refractivity contribution in [2.24, 2.45) is 5.92 Å². The first-order chi connectivity index (χ1) is 7.85. The summed E-state index contributed by atoms with van der Waals surface area (Å²) in [5.41, 5.74) is 0.463. The van der Waals surface area contributed by atoms with Gasteiger partial charge in [0.05, 0.1) is 0 Å². The minimum Gasteiger partial charge on any atom is -0.317 e. The van der Waals surface area contributed by atoms with E-state index in [1.807, 2.05) is 0 Å². The maximum Gasteiger partial charge on any atom is 0.0190 e. The van der Waals surface area contributed by atoms with Gasteiger partial charge in [-0.2, -0.15) is 0 Å². The predicted octanol–water partition coefficient (Wildman–Crippen LogP) is 2.69. The summed E-state index contributed by atoms with van der Waals surface area (Å²) < 4.78 is 0. The minimum absolute atomic E-state index is 0.463. The lowest BCUT2D eigenvalue weighted by molar-refractivity contribution is 0.228. The molecule has 2 heteroatoms. The fourth-order valence-electron chi connectivity index (χ4n) is 3.02. The molecule has 0 aliphatic heterocycles. The molecule has 2 aliphatic rings. The molecule has 0 unspecified atom stereocenters. The van der Waals surface area contributed by atoms with Crippen molar-refractivity contribution >= 4 is 0 Å². The standard InChI is InChI=1S/C14H28N2/c1-15-14(8-3-2-4-9-14)10-12-16-11-7-13-5-6-13/h13,15-16H,2-12H2,1H3. The quantitative estimate of drug-likeness (QED) is 0.650. The normalized spacial score (nSPS) is 24.6. The van der Waals surface area contributed by atoms with Gasteiger partial charge >= 0.3 is 0 Å². The molecular formula is C14H28N2. The van der Waals surface area contributed by atoms with Gasteiger partial charge in [-0.1, -0.05) is 32.1 Å². The van der Waals surface area contributed by atoms with Crippen LogP contribution < -0.4 is 10.6 Å². The van der Waals surface area contributed by atoms with Gasteiger partial charge < -0.3 is 10.6 Å². The SMILES string of the molecule is CNC1(CCNCCC2CC2)CCCCC1. The average molecular weight is 224 g/mol. The first-order valence-corrected chi connectivity index (χ1v) is 7.24. The fourth-order valence-corrected chi connectivity index (χ4v) is 3.02. The highest BCUT2D eigenvalue weighted by Gasteiger charge is 2.29. The van der Waals surface area contributed by atoms with Crippen LogP contribution in [0.25, 0.3) is 0 Å². The molecule has 0 heterocycles. The van der Waals surface area contributed by atoms with Crippen molar-refractivity contribution in [3.63, 3.8) is 0 Å². The Labute approximate surface area is 101 Å². The lowest BCUT2D eigenvalue weighted by Gasteiger charge is -2.37. The summed E-state index contributed by atoms with van der Waals surface area (Å²) in [6, 6.07) is 0. The van der Waals surface area contributed by atoms with Crippen molar-refractivity contribution in [2.45, 2.75) is 63.3 Å². The molecule has 2 fully saturated rings. The second-order valence-electron chi connectivity index (χ2n) is 5.82. The van der Waals surface area contributed by atoms with Gasteiger partial charge in [0.1, 0.15) is 0 Å². The lowest BCUT2D eigenvalue weighted by atomic mass is 9.79. The Morgan fingerprint density at radius 2 is 1.81 bits per heavy atom. The number of hydrogen-bond acceptors (Lipinski definition) is 2. The van der Waals surface area contributed by atoms with Crippen LogP contribution in [0.15, 0.2) is 0 Å². The van der Waals surface area contributed by atoms with E-state index in [0.717, 1.165) is 5.92 Å². The second-order valence-corrected chi connectivity index (χ2v) is 5.82. The van der Waals surface area contributed by atoms with Crippen molar-refractivity contribution in [2.75, 3.05) is 20.1 Å². The third-order valence-corrected chi connectivity index (χ3v) is 4.55. The van der Waals surface area contributed by atoms with E-state index >= 15 is 0 Å². The van der Waals surface area contributed by atoms with Crippen LogP contribution in [0.2, 0.25) is 0 Å². The summed E-state index contributed by atoms with van der Waals surface area (Å²) in [4.78, 5) is 0. The van der Waals surface area contributed by atoms with E-state index in [-0.39, 0.29) is 0 Å². The number of nitrogens with one attached hydrogen (secondary N) is 2. The molecule has 0 amide bonds. The Balaban J connectivity index is 1.57. The van der Waals surface area contributed by atoms with Gasteiger partial charge in [-0.05, 0) is 51.7 Å². The summed E-state index contributed by atoms with van der Waals surface area (Å²) >= 11 is 0. The van der Waals surface area contributed by atoms with Gasteiger partial charge in [-0.3, -0.25) is 0 Å². The zero-order chi connectivity index (χ0) is 11.3. The van der Waals surface area contributed by atoms with E-state index in [0.29, 0.717) is 5.54 Å². The van der Waals surface area contributed by atoms with Gasteiger partial charge in [0.2, 0.25) is 0 Å². The second kappa shape index (κ2) is 6.02. The van der Waals surface area contributed by atoms with Crippen LogP contribution >= 0.6 is 0 Å². The monoisotopic (exact) mass is 224 g/mol. The lowest BCUT2D eigenvalue weighted by Crippen LogP contribution is -2.46. The molecule has 16 heavy (non-hydrogen) atoms. The fraction of sp³-hybridized carbons (Fsp3) is 1.00. The molecule has 0 spiro atoms. The smallest absolute Gasteiger partial charge is 0.0190 e. The molecule has 0 aromatic rings. The summed E-state index contributed by atoms with van der Waals surface area (Å²) in [5.74, 6) is 1.07. The van der Waals surface area contributed by atoms with Crippen LogP contribution in [-0.4, -0.2) is 25.7 Å². The van der Waals surface area contributed by atoms with Crippen LogP contribution in [0.4, 0.5) is 0 Å². The maximum absolute atomic E-state index is 3.62. The molecule has 2 N–H and O–H groups in total. The Morgan fingerprint density at radius 1 is 1.06 bits per heavy atom. The largest absolute Gasteiger partial charge is 0.317 e. The summed E-state index contributed by atoms with van der Waals surface area (Å²) in [6.45, 7) is 2.44. The maximum atomic E-state index is 3.62. The molecule has 2 nitrogen and oxygen atoms in total. The van der Waals surface area contributed by atoms with Crippen LogP contribution in [0, 0.1) is 5.92 Å². The third kappa shape index (κ3) is 3.74. The highest BCUT2D eigenvalue weighted by atomic mass is 15.0. The highest BCUT2D eigenvalue weighted by molar-refractivity contribution is 4.90. The number of hydrogen-bond donors (Lipinski definition) is 2. The molecule has 2 aliphatic carbocycles. The summed E-state index contributed by atoms with van der Waals surface area (Å²) in [7, 11) is 2.15. The minimum atomic E-state index is 0.463. The van der Waals surface area contributed by atoms with Gasteiger partial charge in [0, 0.05) is 5.54 Å². The molecule has 0 radical (unpaired) electrons. The van der Waals surface area contributed by atoms with Crippen molar-refractivity contribution in [1.82, 2.24) is 10.6 Å². The predicted molar refractivity (Wildman–Crippen MR) is 69.7 cm³/mol. The molecule has 0 aromatic heterocycles. The van der Waals surface area contributed by atoms with E-state index in [4.69, 9.17) is 0 Å². The highest BCUT2D eigenvalue weighted by Crippen LogP contribution is 2.32. The van der Waals surface area contributed by atoms with Crippen LogP contribution in [0.3, 0.4) is 0 Å². The van der Waals surface area contributed by atoms with Crippen LogP contribution in [0.5, 0.6) is 0 Å². The number of rotatable bonds is 7. The Kier molecular flexibility index (Phi) is 4.66. The van der Waals surface area contributed by atoms with Gasteiger partial charge in [-0.15, -0.1) is 0 Å². The topological polar surface area (TPSA) is 24.1 Å². The van der Waals surface area contributed by atoms with Gasteiger partial charge in [0.15, 0.2) is 0 Å². The summed E-state index contributed by atoms with van der Waals surface area (Å²) in [5, 5.41) is 7.21. The van der Waals surface area contributed by atoms with E-state index in [1.54, 1.807) is 0 Å². The Morgan fingerprint density at radius 3 is 2.44 bits per heavy atom. The van der Waals surface area contributed by atoms with Crippen LogP contribution in [-0.2, 0) is 0 Å². The van der Waals surface area contributed by atoms with E-state index in [1.165, 1.54) is 70.9 Å². The van der Waals surface area contributed by atoms with Crippen LogP contribution in [0.1, 0.15) is 57.8 Å². The van der Waals surface area contributed by atoms with E-state index < -0.39 is 0 Å². The van der Waals surface area contributed by atoms with Crippen molar-refractivity contribution in [1.29, 1.82) is 0 Å². The van der Waals surface area contributed by atoms with Gasteiger partial charge in [0.25, 0.3) is 0 Å². The molecule has 0 bridgehead atoms. The summed E-state index contributed by atoms with van der Waals surface area (Å²) in [6.07, 6.45) is 12.7. The first-order valence-electron chi connectivity index (χ1n) is 7.24. The van der Waals surface area contributed by atoms with E-state index in [9.17, 15) is 0 Å². The zero-order valence-corrected chi connectivity index (χ0v) is 10.9. The average Bonchev–Trinajstić information content (AvgIpc) is 3.14. The Bertz CT molecular complexity index is 193. The molecular weight excluding hydrogens is 196 g/mol. The first kappa shape index (κ1) is 12.4. The molecule has 0 saturated heterocycles. The van der Waals surface area contributed by atoms with E-state index in [2.05, 4.69) is 17.7 Å². The molecule has 0 atom stereocenters.